The molecule has 2 aromatic heterocycles. The Bertz CT molecular complexity index is 1010. The van der Waals surface area contributed by atoms with Crippen molar-refractivity contribution in [2.45, 2.75) is 24.9 Å². The molecular formula is C18H15F4N5O2. The molecule has 1 aliphatic heterocycles. The molecule has 1 amide bonds. The second-order valence-electron chi connectivity index (χ2n) is 6.69. The number of carbonyl (C=O) groups is 1. The van der Waals surface area contributed by atoms with Gasteiger partial charge in [-0.3, -0.25) is 4.79 Å². The Kier molecular flexibility index (Phi) is 4.81. The highest BCUT2D eigenvalue weighted by Crippen LogP contribution is 2.30. The van der Waals surface area contributed by atoms with Gasteiger partial charge < -0.3 is 14.4 Å². The second kappa shape index (κ2) is 7.30. The standard InChI is InChI=1S/C18H15F4N5O2/c19-12-5-3-10(4-6-12)17(28)27-7-1-2-11(9-27)14-25-16(29-26-14)15-23-8-13(24-15)18(20,21)22/h3-6,8,11H,1-2,7,9H2,(H,23,24). The largest absolute Gasteiger partial charge is 0.434 e. The van der Waals surface area contributed by atoms with Gasteiger partial charge in [-0.15, -0.1) is 0 Å². The van der Waals surface area contributed by atoms with Crippen molar-refractivity contribution in [1.29, 1.82) is 0 Å². The third kappa shape index (κ3) is 3.98. The van der Waals surface area contributed by atoms with E-state index in [4.69, 9.17) is 4.52 Å². The Morgan fingerprint density at radius 2 is 1.97 bits per heavy atom. The number of aromatic nitrogens is 4. The monoisotopic (exact) mass is 409 g/mol. The van der Waals surface area contributed by atoms with E-state index in [1.807, 2.05) is 0 Å². The van der Waals surface area contributed by atoms with Gasteiger partial charge in [-0.1, -0.05) is 5.16 Å². The SMILES string of the molecule is O=C(c1ccc(F)cc1)N1CCCC(c2noc(-c3nc(C(F)(F)F)c[nH]3)n2)C1. The lowest BCUT2D eigenvalue weighted by molar-refractivity contribution is -0.140. The van der Waals surface area contributed by atoms with Crippen LogP contribution in [-0.4, -0.2) is 44.0 Å². The van der Waals surface area contributed by atoms with Crippen LogP contribution in [0.5, 0.6) is 0 Å². The first-order valence-electron chi connectivity index (χ1n) is 8.82. The predicted molar refractivity (Wildman–Crippen MR) is 91.2 cm³/mol. The number of nitrogens with zero attached hydrogens (tertiary/aromatic N) is 4. The van der Waals surface area contributed by atoms with Crippen LogP contribution in [-0.2, 0) is 6.18 Å². The number of likely N-dealkylation sites (tertiary alicyclic amines) is 1. The molecular weight excluding hydrogens is 394 g/mol. The Labute approximate surface area is 161 Å². The van der Waals surface area contributed by atoms with Gasteiger partial charge in [0.25, 0.3) is 11.8 Å². The number of benzene rings is 1. The zero-order chi connectivity index (χ0) is 20.6. The van der Waals surface area contributed by atoms with E-state index in [2.05, 4.69) is 20.1 Å². The van der Waals surface area contributed by atoms with Gasteiger partial charge in [-0.05, 0) is 37.1 Å². The van der Waals surface area contributed by atoms with Gasteiger partial charge in [0.2, 0.25) is 0 Å². The van der Waals surface area contributed by atoms with E-state index in [0.29, 0.717) is 37.3 Å². The number of piperidine rings is 1. The fourth-order valence-corrected chi connectivity index (χ4v) is 3.22. The minimum Gasteiger partial charge on any atom is -0.340 e. The summed E-state index contributed by atoms with van der Waals surface area (Å²) in [6.45, 7) is 0.853. The van der Waals surface area contributed by atoms with Gasteiger partial charge in [0.15, 0.2) is 17.3 Å². The average Bonchev–Trinajstić information content (AvgIpc) is 3.37. The third-order valence-corrected chi connectivity index (χ3v) is 4.68. The van der Waals surface area contributed by atoms with Crippen molar-refractivity contribution in [3.8, 4) is 11.7 Å². The van der Waals surface area contributed by atoms with Crippen LogP contribution < -0.4 is 0 Å². The van der Waals surface area contributed by atoms with Gasteiger partial charge in [-0.2, -0.15) is 18.2 Å². The van der Waals surface area contributed by atoms with Crippen LogP contribution in [0, 0.1) is 5.82 Å². The molecule has 3 aromatic rings. The smallest absolute Gasteiger partial charge is 0.340 e. The van der Waals surface area contributed by atoms with Gasteiger partial charge in [-0.25, -0.2) is 9.37 Å². The zero-order valence-electron chi connectivity index (χ0n) is 14.9. The highest BCUT2D eigenvalue weighted by molar-refractivity contribution is 5.94. The molecule has 1 saturated heterocycles. The lowest BCUT2D eigenvalue weighted by Crippen LogP contribution is -2.39. The Balaban J connectivity index is 1.48. The van der Waals surface area contributed by atoms with Crippen molar-refractivity contribution in [2.24, 2.45) is 0 Å². The first-order chi connectivity index (χ1) is 13.8. The van der Waals surface area contributed by atoms with Crippen LogP contribution in [0.2, 0.25) is 0 Å². The molecule has 1 aliphatic rings. The van der Waals surface area contributed by atoms with Crippen LogP contribution in [0.15, 0.2) is 35.0 Å². The molecule has 0 bridgehead atoms. The zero-order valence-corrected chi connectivity index (χ0v) is 14.9. The number of halogens is 4. The summed E-state index contributed by atoms with van der Waals surface area (Å²) in [4.78, 5) is 24.2. The summed E-state index contributed by atoms with van der Waals surface area (Å²) in [6, 6.07) is 5.28. The maximum absolute atomic E-state index is 13.1. The van der Waals surface area contributed by atoms with Crippen LogP contribution in [0.3, 0.4) is 0 Å². The Hall–Kier alpha value is -3.24. The summed E-state index contributed by atoms with van der Waals surface area (Å²) in [5.41, 5.74) is -0.711. The number of nitrogens with one attached hydrogen (secondary N) is 1. The molecule has 1 atom stereocenters. The van der Waals surface area contributed by atoms with E-state index < -0.39 is 17.7 Å². The number of H-pyrrole nitrogens is 1. The topological polar surface area (TPSA) is 87.9 Å². The second-order valence-corrected chi connectivity index (χ2v) is 6.69. The molecule has 1 unspecified atom stereocenters. The third-order valence-electron chi connectivity index (χ3n) is 4.68. The number of hydrogen-bond donors (Lipinski definition) is 1. The van der Waals surface area contributed by atoms with E-state index in [1.54, 1.807) is 4.90 Å². The number of imidazole rings is 1. The normalized spacial score (nSPS) is 17.5. The molecule has 7 nitrogen and oxygen atoms in total. The van der Waals surface area contributed by atoms with Crippen LogP contribution in [0.25, 0.3) is 11.7 Å². The van der Waals surface area contributed by atoms with E-state index in [-0.39, 0.29) is 23.5 Å². The van der Waals surface area contributed by atoms with Crippen molar-refractivity contribution in [1.82, 2.24) is 25.0 Å². The van der Waals surface area contributed by atoms with Gasteiger partial charge in [0.1, 0.15) is 5.82 Å². The number of carbonyl (C=O) groups excluding carboxylic acids is 1. The molecule has 0 spiro atoms. The fraction of sp³-hybridized carbons (Fsp3) is 0.333. The van der Waals surface area contributed by atoms with Gasteiger partial charge in [0.05, 0.1) is 0 Å². The fourth-order valence-electron chi connectivity index (χ4n) is 3.22. The van der Waals surface area contributed by atoms with E-state index in [9.17, 15) is 22.4 Å². The maximum Gasteiger partial charge on any atom is 0.434 e. The number of rotatable bonds is 3. The van der Waals surface area contributed by atoms with Gasteiger partial charge in [0, 0.05) is 30.8 Å². The van der Waals surface area contributed by atoms with Gasteiger partial charge >= 0.3 is 6.18 Å². The summed E-state index contributed by atoms with van der Waals surface area (Å²) in [5.74, 6) is -0.934. The minimum atomic E-state index is -4.58. The Morgan fingerprint density at radius 1 is 1.21 bits per heavy atom. The minimum absolute atomic E-state index is 0.155. The van der Waals surface area contributed by atoms with Crippen molar-refractivity contribution >= 4 is 5.91 Å². The van der Waals surface area contributed by atoms with E-state index in [1.165, 1.54) is 24.3 Å². The summed E-state index contributed by atoms with van der Waals surface area (Å²) < 4.78 is 56.2. The highest BCUT2D eigenvalue weighted by atomic mass is 19.4. The molecule has 29 heavy (non-hydrogen) atoms. The predicted octanol–water partition coefficient (Wildman–Crippen LogP) is 3.64. The van der Waals surface area contributed by atoms with E-state index >= 15 is 0 Å². The van der Waals surface area contributed by atoms with Crippen molar-refractivity contribution in [3.63, 3.8) is 0 Å². The lowest BCUT2D eigenvalue weighted by Gasteiger charge is -2.31. The van der Waals surface area contributed by atoms with Crippen molar-refractivity contribution in [3.05, 3.63) is 53.4 Å². The summed E-state index contributed by atoms with van der Waals surface area (Å²) >= 11 is 0. The van der Waals surface area contributed by atoms with Crippen LogP contribution in [0.1, 0.15) is 40.6 Å². The molecule has 4 rings (SSSR count). The summed E-state index contributed by atoms with van der Waals surface area (Å²) in [5, 5.41) is 3.85. The lowest BCUT2D eigenvalue weighted by atomic mass is 9.96. The summed E-state index contributed by atoms with van der Waals surface area (Å²) in [7, 11) is 0. The first kappa shape index (κ1) is 19.1. The molecule has 152 valence electrons. The highest BCUT2D eigenvalue weighted by Gasteiger charge is 2.35. The number of alkyl halides is 3. The molecule has 1 fully saturated rings. The van der Waals surface area contributed by atoms with Crippen LogP contribution in [0.4, 0.5) is 17.6 Å². The molecule has 0 saturated carbocycles. The molecule has 1 N–H and O–H groups in total. The Morgan fingerprint density at radius 3 is 2.66 bits per heavy atom. The quantitative estimate of drug-likeness (QED) is 0.668. The first-order valence-corrected chi connectivity index (χ1v) is 8.82. The molecule has 11 heteroatoms. The number of amides is 1. The molecule has 0 radical (unpaired) electrons. The molecule has 0 aliphatic carbocycles. The van der Waals surface area contributed by atoms with Crippen LogP contribution >= 0.6 is 0 Å². The van der Waals surface area contributed by atoms with Crippen molar-refractivity contribution in [2.75, 3.05) is 13.1 Å². The molecule has 1 aromatic carbocycles. The van der Waals surface area contributed by atoms with E-state index in [0.717, 1.165) is 6.20 Å². The number of aromatic amines is 1. The van der Waals surface area contributed by atoms with Crippen molar-refractivity contribution < 1.29 is 26.9 Å². The molecule has 3 heterocycles. The summed E-state index contributed by atoms with van der Waals surface area (Å²) in [6.07, 6.45) is -2.47. The average molecular weight is 409 g/mol. The number of hydrogen-bond acceptors (Lipinski definition) is 5. The maximum atomic E-state index is 13.1.